The molecule has 0 atom stereocenters. The number of nitrogens with one attached hydrogen (secondary N) is 1. The number of benzene rings is 1. The second-order valence-corrected chi connectivity index (χ2v) is 4.96. The number of carbonyl (C=O) groups excluding carboxylic acids is 1. The first-order chi connectivity index (χ1) is 8.29. The van der Waals surface area contributed by atoms with E-state index in [4.69, 9.17) is 0 Å². The van der Waals surface area contributed by atoms with Gasteiger partial charge in [-0.3, -0.25) is 4.79 Å². The van der Waals surface area contributed by atoms with Gasteiger partial charge in [0.25, 0.3) is 0 Å². The Bertz CT molecular complexity index is 414. The minimum atomic E-state index is -2.84. The normalized spacial score (nSPS) is 11.4. The fraction of sp³-hybridized carbons (Fsp3) is 0.462. The van der Waals surface area contributed by atoms with E-state index in [1.54, 1.807) is 32.9 Å². The lowest BCUT2D eigenvalue weighted by atomic mass is 9.95. The summed E-state index contributed by atoms with van der Waals surface area (Å²) in [5.41, 5.74) is 0.239. The average Bonchev–Trinajstić information content (AvgIpc) is 2.24. The Morgan fingerprint density at radius 1 is 1.39 bits per heavy atom. The second kappa shape index (κ2) is 5.80. The van der Waals surface area contributed by atoms with Crippen molar-refractivity contribution in [2.24, 2.45) is 5.41 Å². The fourth-order valence-electron chi connectivity index (χ4n) is 1.28. The number of halogens is 2. The van der Waals surface area contributed by atoms with E-state index in [0.717, 1.165) is 0 Å². The summed E-state index contributed by atoms with van der Waals surface area (Å²) < 4.78 is 28.3. The second-order valence-electron chi connectivity index (χ2n) is 4.96. The number of rotatable bonds is 4. The van der Waals surface area contributed by atoms with E-state index in [-0.39, 0.29) is 18.2 Å². The standard InChI is InChI=1S/C13H17F2NO2/c1-13(2,3)11(17)16-8-9-5-4-6-10(7-9)18-12(14)15/h4-7,12H,8H2,1-3H3,(H,16,17). The molecule has 0 unspecified atom stereocenters. The molecule has 5 heteroatoms. The van der Waals surface area contributed by atoms with Crippen LogP contribution in [0.2, 0.25) is 0 Å². The van der Waals surface area contributed by atoms with Gasteiger partial charge in [0.15, 0.2) is 0 Å². The van der Waals surface area contributed by atoms with Crippen LogP contribution in [0.5, 0.6) is 5.75 Å². The summed E-state index contributed by atoms with van der Waals surface area (Å²) in [5.74, 6) is -0.00445. The molecule has 0 saturated heterocycles. The number of alkyl halides is 2. The molecule has 0 heterocycles. The highest BCUT2D eigenvalue weighted by atomic mass is 19.3. The maximum atomic E-state index is 12.0. The lowest BCUT2D eigenvalue weighted by Crippen LogP contribution is -2.34. The van der Waals surface area contributed by atoms with Crippen molar-refractivity contribution in [3.63, 3.8) is 0 Å². The first kappa shape index (κ1) is 14.4. The molecule has 0 aliphatic carbocycles. The molecule has 1 aromatic carbocycles. The van der Waals surface area contributed by atoms with E-state index in [0.29, 0.717) is 5.56 Å². The van der Waals surface area contributed by atoms with E-state index >= 15 is 0 Å². The SMILES string of the molecule is CC(C)(C)C(=O)NCc1cccc(OC(F)F)c1. The fourth-order valence-corrected chi connectivity index (χ4v) is 1.28. The van der Waals surface area contributed by atoms with Crippen LogP contribution in [0.15, 0.2) is 24.3 Å². The molecular weight excluding hydrogens is 240 g/mol. The van der Waals surface area contributed by atoms with Crippen LogP contribution in [0.3, 0.4) is 0 Å². The minimum absolute atomic E-state index is 0.0903. The molecule has 0 radical (unpaired) electrons. The molecule has 3 nitrogen and oxygen atoms in total. The highest BCUT2D eigenvalue weighted by Gasteiger charge is 2.20. The summed E-state index contributed by atoms with van der Waals surface area (Å²) in [6.07, 6.45) is 0. The molecule has 1 rings (SSSR count). The zero-order valence-electron chi connectivity index (χ0n) is 10.7. The number of amides is 1. The average molecular weight is 257 g/mol. The van der Waals surface area contributed by atoms with Crippen LogP contribution >= 0.6 is 0 Å². The van der Waals surface area contributed by atoms with Crippen LogP contribution in [-0.4, -0.2) is 12.5 Å². The maximum absolute atomic E-state index is 12.0. The van der Waals surface area contributed by atoms with Crippen molar-refractivity contribution in [3.05, 3.63) is 29.8 Å². The molecule has 0 bridgehead atoms. The van der Waals surface area contributed by atoms with Crippen LogP contribution in [-0.2, 0) is 11.3 Å². The molecular formula is C13H17F2NO2. The van der Waals surface area contributed by atoms with Gasteiger partial charge in [0, 0.05) is 12.0 Å². The Hall–Kier alpha value is -1.65. The summed E-state index contributed by atoms with van der Waals surface area (Å²) in [4.78, 5) is 11.6. The molecule has 18 heavy (non-hydrogen) atoms. The first-order valence-corrected chi connectivity index (χ1v) is 5.61. The number of hydrogen-bond acceptors (Lipinski definition) is 2. The molecule has 1 aromatic rings. The molecule has 0 spiro atoms. The quantitative estimate of drug-likeness (QED) is 0.900. The Kier molecular flexibility index (Phi) is 4.64. The van der Waals surface area contributed by atoms with Gasteiger partial charge in [0.2, 0.25) is 5.91 Å². The summed E-state index contributed by atoms with van der Waals surface area (Å²) in [6, 6.07) is 6.27. The van der Waals surface area contributed by atoms with Crippen LogP contribution in [0, 0.1) is 5.41 Å². The molecule has 1 amide bonds. The highest BCUT2D eigenvalue weighted by molar-refractivity contribution is 5.81. The van der Waals surface area contributed by atoms with Crippen molar-refractivity contribution in [2.45, 2.75) is 33.9 Å². The predicted octanol–water partition coefficient (Wildman–Crippen LogP) is 2.95. The summed E-state index contributed by atoms with van der Waals surface area (Å²) in [6.45, 7) is 2.86. The smallest absolute Gasteiger partial charge is 0.387 e. The lowest BCUT2D eigenvalue weighted by Gasteiger charge is -2.17. The van der Waals surface area contributed by atoms with E-state index in [1.807, 2.05) is 0 Å². The largest absolute Gasteiger partial charge is 0.435 e. The van der Waals surface area contributed by atoms with Crippen LogP contribution in [0.1, 0.15) is 26.3 Å². The Morgan fingerprint density at radius 3 is 2.61 bits per heavy atom. The number of hydrogen-bond donors (Lipinski definition) is 1. The Morgan fingerprint density at radius 2 is 2.06 bits per heavy atom. The number of ether oxygens (including phenoxy) is 1. The van der Waals surface area contributed by atoms with Crippen molar-refractivity contribution in [2.75, 3.05) is 0 Å². The van der Waals surface area contributed by atoms with Gasteiger partial charge in [-0.15, -0.1) is 0 Å². The molecule has 0 aliphatic heterocycles. The van der Waals surface area contributed by atoms with E-state index in [2.05, 4.69) is 10.1 Å². The van der Waals surface area contributed by atoms with Gasteiger partial charge in [0.1, 0.15) is 5.75 Å². The summed E-state index contributed by atoms with van der Waals surface area (Å²) in [5, 5.41) is 2.74. The van der Waals surface area contributed by atoms with Crippen LogP contribution in [0.4, 0.5) is 8.78 Å². The predicted molar refractivity (Wildman–Crippen MR) is 64.4 cm³/mol. The molecule has 0 aromatic heterocycles. The zero-order valence-corrected chi connectivity index (χ0v) is 10.7. The van der Waals surface area contributed by atoms with Crippen LogP contribution < -0.4 is 10.1 Å². The molecule has 100 valence electrons. The van der Waals surface area contributed by atoms with Gasteiger partial charge in [0.05, 0.1) is 0 Å². The lowest BCUT2D eigenvalue weighted by molar-refractivity contribution is -0.128. The third-order valence-electron chi connectivity index (χ3n) is 2.26. The maximum Gasteiger partial charge on any atom is 0.387 e. The third-order valence-corrected chi connectivity index (χ3v) is 2.26. The highest BCUT2D eigenvalue weighted by Crippen LogP contribution is 2.17. The van der Waals surface area contributed by atoms with Gasteiger partial charge in [-0.1, -0.05) is 32.9 Å². The van der Waals surface area contributed by atoms with Gasteiger partial charge in [-0.05, 0) is 17.7 Å². The van der Waals surface area contributed by atoms with Crippen LogP contribution in [0.25, 0.3) is 0 Å². The topological polar surface area (TPSA) is 38.3 Å². The van der Waals surface area contributed by atoms with Gasteiger partial charge in [-0.2, -0.15) is 8.78 Å². The van der Waals surface area contributed by atoms with Gasteiger partial charge in [-0.25, -0.2) is 0 Å². The monoisotopic (exact) mass is 257 g/mol. The number of carbonyl (C=O) groups is 1. The third kappa shape index (κ3) is 4.69. The molecule has 0 fully saturated rings. The first-order valence-electron chi connectivity index (χ1n) is 5.61. The van der Waals surface area contributed by atoms with Gasteiger partial charge >= 0.3 is 6.61 Å². The Labute approximate surface area is 105 Å². The van der Waals surface area contributed by atoms with Gasteiger partial charge < -0.3 is 10.1 Å². The molecule has 0 aliphatic rings. The van der Waals surface area contributed by atoms with E-state index in [1.165, 1.54) is 12.1 Å². The summed E-state index contributed by atoms with van der Waals surface area (Å²) >= 11 is 0. The molecule has 0 saturated carbocycles. The van der Waals surface area contributed by atoms with Crippen molar-refractivity contribution < 1.29 is 18.3 Å². The minimum Gasteiger partial charge on any atom is -0.435 e. The van der Waals surface area contributed by atoms with Crippen molar-refractivity contribution >= 4 is 5.91 Å². The summed E-state index contributed by atoms with van der Waals surface area (Å²) in [7, 11) is 0. The van der Waals surface area contributed by atoms with E-state index in [9.17, 15) is 13.6 Å². The molecule has 1 N–H and O–H groups in total. The van der Waals surface area contributed by atoms with Crippen molar-refractivity contribution in [1.82, 2.24) is 5.32 Å². The van der Waals surface area contributed by atoms with Crippen molar-refractivity contribution in [1.29, 1.82) is 0 Å². The Balaban J connectivity index is 2.60. The van der Waals surface area contributed by atoms with E-state index < -0.39 is 12.0 Å². The van der Waals surface area contributed by atoms with Crippen molar-refractivity contribution in [3.8, 4) is 5.75 Å². The zero-order chi connectivity index (χ0) is 13.8.